The number of fused-ring (bicyclic) bond motifs is 1. The quantitative estimate of drug-likeness (QED) is 0.781. The third-order valence-electron chi connectivity index (χ3n) is 3.17. The van der Waals surface area contributed by atoms with Crippen LogP contribution in [0.2, 0.25) is 0 Å². The number of amidine groups is 1. The average Bonchev–Trinajstić information content (AvgIpc) is 2.39. The molecule has 0 saturated carbocycles. The number of carbonyl (C=O) groups excluding carboxylic acids is 1. The maximum Gasteiger partial charge on any atom is 0.230 e. The topological polar surface area (TPSA) is 32.7 Å². The summed E-state index contributed by atoms with van der Waals surface area (Å²) in [6, 6.07) is 6.38. The zero-order valence-electron chi connectivity index (χ0n) is 9.80. The molecule has 3 rings (SSSR count). The Morgan fingerprint density at radius 3 is 2.89 bits per heavy atom. The van der Waals surface area contributed by atoms with Crippen molar-refractivity contribution >= 4 is 22.8 Å². The Morgan fingerprint density at radius 2 is 2.11 bits per heavy atom. The van der Waals surface area contributed by atoms with Crippen molar-refractivity contribution in [3.63, 3.8) is 0 Å². The minimum absolute atomic E-state index is 0.0613. The Kier molecular flexibility index (Phi) is 3.07. The Morgan fingerprint density at radius 1 is 1.33 bits per heavy atom. The Hall–Kier alpha value is -1.36. The van der Waals surface area contributed by atoms with Crippen molar-refractivity contribution in [1.29, 1.82) is 0 Å². The van der Waals surface area contributed by atoms with Gasteiger partial charge < -0.3 is 0 Å². The molecule has 1 amide bonds. The predicted molar refractivity (Wildman–Crippen MR) is 70.0 cm³/mol. The summed E-state index contributed by atoms with van der Waals surface area (Å²) in [6.07, 6.45) is 1.41. The van der Waals surface area contributed by atoms with E-state index in [0.717, 1.165) is 30.2 Å². The number of hydrogen-bond acceptors (Lipinski definition) is 3. The van der Waals surface area contributed by atoms with Gasteiger partial charge in [0.1, 0.15) is 5.82 Å². The molecule has 1 aromatic carbocycles. The average molecular weight is 264 g/mol. The van der Waals surface area contributed by atoms with Gasteiger partial charge in [-0.15, -0.1) is 0 Å². The van der Waals surface area contributed by atoms with E-state index in [1.165, 1.54) is 12.1 Å². The van der Waals surface area contributed by atoms with Gasteiger partial charge in [0.05, 0.1) is 0 Å². The summed E-state index contributed by atoms with van der Waals surface area (Å²) in [6.45, 7) is 1.57. The summed E-state index contributed by atoms with van der Waals surface area (Å²) in [5.74, 6) is -0.121. The third-order valence-corrected chi connectivity index (χ3v) is 4.45. The molecule has 0 N–H and O–H groups in total. The monoisotopic (exact) mass is 264 g/mol. The van der Waals surface area contributed by atoms with Crippen molar-refractivity contribution in [3.05, 3.63) is 35.6 Å². The van der Waals surface area contributed by atoms with Crippen molar-refractivity contribution < 1.29 is 9.18 Å². The molecule has 0 unspecified atom stereocenters. The predicted octanol–water partition coefficient (Wildman–Crippen LogP) is 2.59. The number of amides is 1. The van der Waals surface area contributed by atoms with Gasteiger partial charge in [-0.25, -0.2) is 4.39 Å². The largest absolute Gasteiger partial charge is 0.291 e. The molecular weight excluding hydrogens is 251 g/mol. The third kappa shape index (κ3) is 2.14. The Bertz CT molecular complexity index is 500. The highest BCUT2D eigenvalue weighted by molar-refractivity contribution is 8.14. The van der Waals surface area contributed by atoms with E-state index in [2.05, 4.69) is 4.99 Å². The van der Waals surface area contributed by atoms with Crippen molar-refractivity contribution in [2.24, 2.45) is 4.99 Å². The zero-order chi connectivity index (χ0) is 12.5. The summed E-state index contributed by atoms with van der Waals surface area (Å²) in [7, 11) is 0. The van der Waals surface area contributed by atoms with E-state index in [9.17, 15) is 9.18 Å². The minimum atomic E-state index is -0.248. The van der Waals surface area contributed by atoms with Gasteiger partial charge >= 0.3 is 0 Å². The molecule has 3 nitrogen and oxygen atoms in total. The highest BCUT2D eigenvalue weighted by atomic mass is 32.2. The normalized spacial score (nSPS) is 23.6. The molecule has 2 aliphatic heterocycles. The second kappa shape index (κ2) is 4.72. The molecule has 5 heteroatoms. The van der Waals surface area contributed by atoms with Gasteiger partial charge in [0, 0.05) is 24.8 Å². The summed E-state index contributed by atoms with van der Waals surface area (Å²) >= 11 is 1.61. The van der Waals surface area contributed by atoms with Crippen LogP contribution in [-0.2, 0) is 4.79 Å². The van der Waals surface area contributed by atoms with Crippen molar-refractivity contribution in [2.75, 3.05) is 13.1 Å². The van der Waals surface area contributed by atoms with E-state index in [0.29, 0.717) is 6.42 Å². The van der Waals surface area contributed by atoms with Crippen LogP contribution in [0.5, 0.6) is 0 Å². The van der Waals surface area contributed by atoms with Crippen LogP contribution in [0.1, 0.15) is 23.7 Å². The molecular formula is C13H13FN2OS. The van der Waals surface area contributed by atoms with E-state index in [1.807, 2.05) is 0 Å². The van der Waals surface area contributed by atoms with Crippen LogP contribution < -0.4 is 0 Å². The second-order valence-electron chi connectivity index (χ2n) is 4.43. The lowest BCUT2D eigenvalue weighted by atomic mass is 10.1. The maximum absolute atomic E-state index is 12.9. The van der Waals surface area contributed by atoms with Crippen molar-refractivity contribution in [2.45, 2.75) is 18.1 Å². The fraction of sp³-hybridized carbons (Fsp3) is 0.385. The molecule has 2 aliphatic rings. The number of carbonyl (C=O) groups is 1. The first-order chi connectivity index (χ1) is 8.74. The van der Waals surface area contributed by atoms with Crippen LogP contribution in [0.15, 0.2) is 29.3 Å². The smallest absolute Gasteiger partial charge is 0.230 e. The summed E-state index contributed by atoms with van der Waals surface area (Å²) in [5, 5.41) is 0.887. The van der Waals surface area contributed by atoms with Crippen molar-refractivity contribution in [3.8, 4) is 0 Å². The first-order valence-corrected chi connectivity index (χ1v) is 6.89. The van der Waals surface area contributed by atoms with E-state index in [4.69, 9.17) is 0 Å². The molecule has 18 heavy (non-hydrogen) atoms. The molecule has 0 spiro atoms. The van der Waals surface area contributed by atoms with Gasteiger partial charge in [-0.2, -0.15) is 0 Å². The highest BCUT2D eigenvalue weighted by Crippen LogP contribution is 2.39. The van der Waals surface area contributed by atoms with E-state index < -0.39 is 0 Å². The molecule has 2 heterocycles. The molecule has 0 aromatic heterocycles. The maximum atomic E-state index is 12.9. The van der Waals surface area contributed by atoms with E-state index in [-0.39, 0.29) is 17.0 Å². The lowest BCUT2D eigenvalue weighted by Gasteiger charge is -2.34. The van der Waals surface area contributed by atoms with Gasteiger partial charge in [-0.05, 0) is 24.1 Å². The lowest BCUT2D eigenvalue weighted by Crippen LogP contribution is -2.42. The number of thioether (sulfide) groups is 1. The van der Waals surface area contributed by atoms with Crippen LogP contribution in [-0.4, -0.2) is 29.1 Å². The highest BCUT2D eigenvalue weighted by Gasteiger charge is 2.33. The van der Waals surface area contributed by atoms with Crippen LogP contribution in [0.4, 0.5) is 4.39 Å². The number of rotatable bonds is 1. The van der Waals surface area contributed by atoms with Gasteiger partial charge in [0.15, 0.2) is 5.17 Å². The van der Waals surface area contributed by atoms with Crippen molar-refractivity contribution in [1.82, 2.24) is 4.90 Å². The minimum Gasteiger partial charge on any atom is -0.291 e. The summed E-state index contributed by atoms with van der Waals surface area (Å²) in [4.78, 5) is 18.2. The Labute approximate surface area is 109 Å². The molecule has 1 fully saturated rings. The molecule has 0 aliphatic carbocycles. The Balaban J connectivity index is 1.85. The summed E-state index contributed by atoms with van der Waals surface area (Å²) < 4.78 is 12.9. The second-order valence-corrected chi connectivity index (χ2v) is 5.60. The standard InChI is InChI=1S/C13H13FN2OS/c14-10-4-2-9(3-5-10)11-8-12(17)16-7-1-6-15-13(16)18-11/h2-5,11H,1,6-8H2/t11-/m0/s1. The molecule has 0 radical (unpaired) electrons. The summed E-state index contributed by atoms with van der Waals surface area (Å²) in [5.41, 5.74) is 0.989. The number of nitrogens with zero attached hydrogens (tertiary/aromatic N) is 2. The van der Waals surface area contributed by atoms with E-state index in [1.54, 1.807) is 28.8 Å². The molecule has 1 atom stereocenters. The van der Waals surface area contributed by atoms with Crippen LogP contribution in [0.25, 0.3) is 0 Å². The fourth-order valence-electron chi connectivity index (χ4n) is 2.22. The van der Waals surface area contributed by atoms with Crippen LogP contribution >= 0.6 is 11.8 Å². The SMILES string of the molecule is O=C1C[C@@H](c2ccc(F)cc2)SC2=NCCCN12. The van der Waals surface area contributed by atoms with Crippen LogP contribution in [0, 0.1) is 5.82 Å². The first kappa shape index (κ1) is 11.7. The molecule has 94 valence electrons. The number of hydrogen-bond donors (Lipinski definition) is 0. The fourth-order valence-corrected chi connectivity index (χ4v) is 3.48. The number of halogens is 1. The van der Waals surface area contributed by atoms with Gasteiger partial charge in [0.2, 0.25) is 5.91 Å². The van der Waals surface area contributed by atoms with Gasteiger partial charge in [0.25, 0.3) is 0 Å². The first-order valence-electron chi connectivity index (χ1n) is 6.01. The van der Waals surface area contributed by atoms with Gasteiger partial charge in [-0.3, -0.25) is 14.7 Å². The molecule has 0 bridgehead atoms. The number of aliphatic imine (C=N–C) groups is 1. The molecule has 1 aromatic rings. The number of benzene rings is 1. The zero-order valence-corrected chi connectivity index (χ0v) is 10.6. The van der Waals surface area contributed by atoms with E-state index >= 15 is 0 Å². The van der Waals surface area contributed by atoms with Gasteiger partial charge in [-0.1, -0.05) is 23.9 Å². The van der Waals surface area contributed by atoms with Crippen LogP contribution in [0.3, 0.4) is 0 Å². The lowest BCUT2D eigenvalue weighted by molar-refractivity contribution is -0.127. The molecule has 1 saturated heterocycles.